The molecule has 20 heavy (non-hydrogen) atoms. The largest absolute Gasteiger partial charge is 0.392 e. The maximum Gasteiger partial charge on any atom is 0.123 e. The number of aliphatic hydroxyl groups excluding tert-OH is 1. The summed E-state index contributed by atoms with van der Waals surface area (Å²) in [5.74, 6) is 0. The average Bonchev–Trinajstić information content (AvgIpc) is 2.88. The third-order valence-corrected chi connectivity index (χ3v) is 4.66. The van der Waals surface area contributed by atoms with Gasteiger partial charge in [0.25, 0.3) is 0 Å². The number of rotatable bonds is 3. The van der Waals surface area contributed by atoms with Crippen LogP contribution in [0.15, 0.2) is 29.6 Å². The lowest BCUT2D eigenvalue weighted by atomic mass is 10.1. The minimum atomic E-state index is -0.168. The summed E-state index contributed by atoms with van der Waals surface area (Å²) in [5.41, 5.74) is 3.57. The SMILES string of the molecule is Cc1ccc(-c2nc(CN3CCC[C@H](O)C3)cs2)cc1. The highest BCUT2D eigenvalue weighted by atomic mass is 32.1. The van der Waals surface area contributed by atoms with Crippen LogP contribution in [-0.2, 0) is 6.54 Å². The molecule has 1 fully saturated rings. The molecule has 3 nitrogen and oxygen atoms in total. The molecule has 1 aromatic heterocycles. The van der Waals surface area contributed by atoms with Crippen molar-refractivity contribution in [3.63, 3.8) is 0 Å². The molecule has 0 saturated carbocycles. The number of aryl methyl sites for hydroxylation is 1. The number of benzene rings is 1. The Labute approximate surface area is 123 Å². The number of aliphatic hydroxyl groups is 1. The summed E-state index contributed by atoms with van der Waals surface area (Å²) in [4.78, 5) is 7.02. The number of piperidine rings is 1. The fourth-order valence-electron chi connectivity index (χ4n) is 2.61. The Morgan fingerprint density at radius 2 is 2.15 bits per heavy atom. The normalized spacial score (nSPS) is 20.2. The van der Waals surface area contributed by atoms with E-state index in [0.717, 1.165) is 43.2 Å². The van der Waals surface area contributed by atoms with Gasteiger partial charge >= 0.3 is 0 Å². The van der Waals surface area contributed by atoms with E-state index >= 15 is 0 Å². The minimum absolute atomic E-state index is 0.168. The van der Waals surface area contributed by atoms with Crippen molar-refractivity contribution in [2.24, 2.45) is 0 Å². The van der Waals surface area contributed by atoms with Crippen LogP contribution in [0.4, 0.5) is 0 Å². The van der Waals surface area contributed by atoms with Crippen LogP contribution in [-0.4, -0.2) is 34.2 Å². The molecular weight excluding hydrogens is 268 g/mol. The molecule has 2 heterocycles. The van der Waals surface area contributed by atoms with Gasteiger partial charge in [-0.3, -0.25) is 4.90 Å². The number of nitrogens with zero attached hydrogens (tertiary/aromatic N) is 2. The molecule has 1 atom stereocenters. The molecule has 1 N–H and O–H groups in total. The van der Waals surface area contributed by atoms with Crippen molar-refractivity contribution in [2.45, 2.75) is 32.4 Å². The second kappa shape index (κ2) is 6.04. The van der Waals surface area contributed by atoms with E-state index in [4.69, 9.17) is 4.98 Å². The van der Waals surface area contributed by atoms with Crippen LogP contribution >= 0.6 is 11.3 Å². The zero-order valence-corrected chi connectivity index (χ0v) is 12.6. The minimum Gasteiger partial charge on any atom is -0.392 e. The van der Waals surface area contributed by atoms with E-state index in [-0.39, 0.29) is 6.10 Å². The van der Waals surface area contributed by atoms with Crippen molar-refractivity contribution < 1.29 is 5.11 Å². The monoisotopic (exact) mass is 288 g/mol. The first kappa shape index (κ1) is 13.7. The molecule has 0 bridgehead atoms. The molecular formula is C16H20N2OS. The Morgan fingerprint density at radius 1 is 1.35 bits per heavy atom. The molecule has 0 amide bonds. The molecule has 106 valence electrons. The van der Waals surface area contributed by atoms with Crippen LogP contribution in [0.5, 0.6) is 0 Å². The second-order valence-corrected chi connectivity index (χ2v) is 6.40. The van der Waals surface area contributed by atoms with E-state index in [1.54, 1.807) is 11.3 Å². The average molecular weight is 288 g/mol. The fraction of sp³-hybridized carbons (Fsp3) is 0.438. The summed E-state index contributed by atoms with van der Waals surface area (Å²) in [6.07, 6.45) is 1.84. The van der Waals surface area contributed by atoms with E-state index in [1.165, 1.54) is 11.1 Å². The van der Waals surface area contributed by atoms with Gasteiger partial charge in [-0.2, -0.15) is 0 Å². The fourth-order valence-corrected chi connectivity index (χ4v) is 3.43. The highest BCUT2D eigenvalue weighted by Gasteiger charge is 2.18. The summed E-state index contributed by atoms with van der Waals surface area (Å²) in [6, 6.07) is 8.50. The van der Waals surface area contributed by atoms with Crippen molar-refractivity contribution in [1.82, 2.24) is 9.88 Å². The molecule has 1 aliphatic rings. The maximum absolute atomic E-state index is 9.71. The topological polar surface area (TPSA) is 36.4 Å². The number of thiazole rings is 1. The van der Waals surface area contributed by atoms with Gasteiger partial charge in [0.1, 0.15) is 5.01 Å². The maximum atomic E-state index is 9.71. The molecule has 1 saturated heterocycles. The quantitative estimate of drug-likeness (QED) is 0.943. The molecule has 0 unspecified atom stereocenters. The van der Waals surface area contributed by atoms with Crippen LogP contribution in [0.1, 0.15) is 24.1 Å². The smallest absolute Gasteiger partial charge is 0.123 e. The summed E-state index contributed by atoms with van der Waals surface area (Å²) >= 11 is 1.70. The van der Waals surface area contributed by atoms with Gasteiger partial charge in [0.05, 0.1) is 11.8 Å². The standard InChI is InChI=1S/C16H20N2OS/c1-12-4-6-13(7-5-12)16-17-14(11-20-16)9-18-8-2-3-15(19)10-18/h4-7,11,15,19H,2-3,8-10H2,1H3/t15-/m0/s1. The number of hydrogen-bond donors (Lipinski definition) is 1. The van der Waals surface area contributed by atoms with Crippen molar-refractivity contribution in [3.05, 3.63) is 40.9 Å². The summed E-state index contributed by atoms with van der Waals surface area (Å²) in [6.45, 7) is 4.78. The number of likely N-dealkylation sites (tertiary alicyclic amines) is 1. The predicted molar refractivity (Wildman–Crippen MR) is 82.8 cm³/mol. The van der Waals surface area contributed by atoms with Gasteiger partial charge < -0.3 is 5.11 Å². The summed E-state index contributed by atoms with van der Waals surface area (Å²) in [7, 11) is 0. The Balaban J connectivity index is 1.69. The van der Waals surface area contributed by atoms with E-state index in [0.29, 0.717) is 0 Å². The van der Waals surface area contributed by atoms with Gasteiger partial charge in [-0.15, -0.1) is 11.3 Å². The Bertz CT molecular complexity index is 564. The molecule has 1 aliphatic heterocycles. The first-order valence-electron chi connectivity index (χ1n) is 7.12. The number of hydrogen-bond acceptors (Lipinski definition) is 4. The number of β-amino-alcohol motifs (C(OH)–C–C–N with tert-alkyl or cyclic N) is 1. The van der Waals surface area contributed by atoms with Crippen LogP contribution in [0, 0.1) is 6.92 Å². The Morgan fingerprint density at radius 3 is 2.90 bits per heavy atom. The second-order valence-electron chi connectivity index (χ2n) is 5.54. The van der Waals surface area contributed by atoms with E-state index in [9.17, 15) is 5.11 Å². The van der Waals surface area contributed by atoms with Gasteiger partial charge in [-0.1, -0.05) is 29.8 Å². The van der Waals surface area contributed by atoms with Crippen molar-refractivity contribution in [3.8, 4) is 10.6 Å². The van der Waals surface area contributed by atoms with Gasteiger partial charge in [-0.25, -0.2) is 4.98 Å². The van der Waals surface area contributed by atoms with Crippen molar-refractivity contribution >= 4 is 11.3 Å². The van der Waals surface area contributed by atoms with Crippen LogP contribution in [0.2, 0.25) is 0 Å². The van der Waals surface area contributed by atoms with Crippen molar-refractivity contribution in [2.75, 3.05) is 13.1 Å². The molecule has 1 aromatic carbocycles. The first-order chi connectivity index (χ1) is 9.70. The molecule has 3 rings (SSSR count). The molecule has 4 heteroatoms. The van der Waals surface area contributed by atoms with Crippen LogP contribution in [0.3, 0.4) is 0 Å². The molecule has 0 radical (unpaired) electrons. The lowest BCUT2D eigenvalue weighted by molar-refractivity contribution is 0.0663. The molecule has 0 aliphatic carbocycles. The lowest BCUT2D eigenvalue weighted by Crippen LogP contribution is -2.37. The van der Waals surface area contributed by atoms with E-state index < -0.39 is 0 Å². The zero-order chi connectivity index (χ0) is 13.9. The van der Waals surface area contributed by atoms with Gasteiger partial charge in [0.2, 0.25) is 0 Å². The van der Waals surface area contributed by atoms with Gasteiger partial charge in [-0.05, 0) is 26.3 Å². The predicted octanol–water partition coefficient (Wildman–Crippen LogP) is 3.08. The Hall–Kier alpha value is -1.23. The van der Waals surface area contributed by atoms with E-state index in [1.807, 2.05) is 0 Å². The van der Waals surface area contributed by atoms with Gasteiger partial charge in [0.15, 0.2) is 0 Å². The zero-order valence-electron chi connectivity index (χ0n) is 11.7. The molecule has 2 aromatic rings. The highest BCUT2D eigenvalue weighted by molar-refractivity contribution is 7.13. The third kappa shape index (κ3) is 3.26. The number of aromatic nitrogens is 1. The third-order valence-electron chi connectivity index (χ3n) is 3.72. The van der Waals surface area contributed by atoms with Gasteiger partial charge in [0, 0.05) is 24.0 Å². The Kier molecular flexibility index (Phi) is 4.15. The lowest BCUT2D eigenvalue weighted by Gasteiger charge is -2.29. The highest BCUT2D eigenvalue weighted by Crippen LogP contribution is 2.25. The van der Waals surface area contributed by atoms with Crippen LogP contribution < -0.4 is 0 Å². The first-order valence-corrected chi connectivity index (χ1v) is 8.00. The van der Waals surface area contributed by atoms with Crippen LogP contribution in [0.25, 0.3) is 10.6 Å². The molecule has 0 spiro atoms. The van der Waals surface area contributed by atoms with Crippen molar-refractivity contribution in [1.29, 1.82) is 0 Å². The summed E-state index contributed by atoms with van der Waals surface area (Å²) < 4.78 is 0. The summed E-state index contributed by atoms with van der Waals surface area (Å²) in [5, 5.41) is 12.9. The van der Waals surface area contributed by atoms with E-state index in [2.05, 4.69) is 41.5 Å².